The number of hydrogen-bond acceptors (Lipinski definition) is 3. The third-order valence-corrected chi connectivity index (χ3v) is 1.93. The Hall–Kier alpha value is -0.120. The molecule has 10 heavy (non-hydrogen) atoms. The molecule has 1 saturated heterocycles. The summed E-state index contributed by atoms with van der Waals surface area (Å²) >= 11 is 0. The summed E-state index contributed by atoms with van der Waals surface area (Å²) in [4.78, 5) is 2.49. The second-order valence-corrected chi connectivity index (χ2v) is 2.73. The lowest BCUT2D eigenvalue weighted by molar-refractivity contribution is 0.330. The molecule has 0 aromatic rings. The lowest BCUT2D eigenvalue weighted by Crippen LogP contribution is -2.35. The van der Waals surface area contributed by atoms with Crippen LogP contribution in [0.15, 0.2) is 0 Å². The fraction of sp³-hybridized carbons (Fsp3) is 1.00. The molecule has 0 radical (unpaired) electrons. The van der Waals surface area contributed by atoms with E-state index in [9.17, 15) is 0 Å². The highest BCUT2D eigenvalue weighted by Gasteiger charge is 2.09. The molecule has 0 aromatic heterocycles. The monoisotopic (exact) mass is 143 g/mol. The Kier molecular flexibility index (Phi) is 3.72. The Morgan fingerprint density at radius 2 is 2.00 bits per heavy atom. The summed E-state index contributed by atoms with van der Waals surface area (Å²) in [7, 11) is 1.91. The largest absolute Gasteiger partial charge is 0.302 e. The zero-order valence-electron chi connectivity index (χ0n) is 6.69. The van der Waals surface area contributed by atoms with E-state index in [1.54, 1.807) is 0 Å². The van der Waals surface area contributed by atoms with Crippen molar-refractivity contribution in [3.63, 3.8) is 0 Å². The minimum absolute atomic E-state index is 1.05. The molecule has 1 aliphatic rings. The van der Waals surface area contributed by atoms with Crippen LogP contribution in [0.3, 0.4) is 0 Å². The van der Waals surface area contributed by atoms with Gasteiger partial charge in [-0.3, -0.25) is 10.9 Å². The molecule has 0 unspecified atom stereocenters. The van der Waals surface area contributed by atoms with Gasteiger partial charge >= 0.3 is 0 Å². The Bertz CT molecular complexity index is 78.9. The van der Waals surface area contributed by atoms with Crippen molar-refractivity contribution >= 4 is 0 Å². The molecule has 1 heterocycles. The molecule has 1 rings (SSSR count). The standard InChI is InChI=1S/C7H17N3/c1-8-9-4-7-10-5-2-3-6-10/h8-9H,2-7H2,1H3. The first-order chi connectivity index (χ1) is 4.93. The van der Waals surface area contributed by atoms with Gasteiger partial charge < -0.3 is 4.90 Å². The van der Waals surface area contributed by atoms with E-state index in [2.05, 4.69) is 15.8 Å². The van der Waals surface area contributed by atoms with Crippen molar-refractivity contribution in [2.75, 3.05) is 33.2 Å². The molecule has 3 nitrogen and oxygen atoms in total. The van der Waals surface area contributed by atoms with Crippen molar-refractivity contribution in [2.45, 2.75) is 12.8 Å². The van der Waals surface area contributed by atoms with Crippen molar-refractivity contribution in [3.05, 3.63) is 0 Å². The molecule has 3 heteroatoms. The predicted molar refractivity (Wildman–Crippen MR) is 42.7 cm³/mol. The highest BCUT2D eigenvalue weighted by Crippen LogP contribution is 2.05. The summed E-state index contributed by atoms with van der Waals surface area (Å²) in [6.45, 7) is 4.83. The van der Waals surface area contributed by atoms with Gasteiger partial charge in [-0.05, 0) is 33.0 Å². The van der Waals surface area contributed by atoms with E-state index in [0.29, 0.717) is 0 Å². The fourth-order valence-electron chi connectivity index (χ4n) is 1.35. The fourth-order valence-corrected chi connectivity index (χ4v) is 1.35. The van der Waals surface area contributed by atoms with Crippen LogP contribution in [0.5, 0.6) is 0 Å². The van der Waals surface area contributed by atoms with Crippen LogP contribution in [0.1, 0.15) is 12.8 Å². The first kappa shape index (κ1) is 7.98. The summed E-state index contributed by atoms with van der Waals surface area (Å²) in [5, 5.41) is 0. The molecule has 0 spiro atoms. The highest BCUT2D eigenvalue weighted by molar-refractivity contribution is 4.65. The molecule has 0 bridgehead atoms. The van der Waals surface area contributed by atoms with Crippen LogP contribution in [0, 0.1) is 0 Å². The molecule has 60 valence electrons. The maximum Gasteiger partial charge on any atom is 0.0228 e. The smallest absolute Gasteiger partial charge is 0.0228 e. The van der Waals surface area contributed by atoms with Gasteiger partial charge in [-0.15, -0.1) is 0 Å². The number of hydrazine groups is 1. The van der Waals surface area contributed by atoms with Crippen LogP contribution in [0.25, 0.3) is 0 Å². The zero-order chi connectivity index (χ0) is 7.23. The normalized spacial score (nSPS) is 20.1. The molecule has 0 atom stereocenters. The first-order valence-corrected chi connectivity index (χ1v) is 4.05. The number of likely N-dealkylation sites (tertiary alicyclic amines) is 1. The third kappa shape index (κ3) is 2.64. The predicted octanol–water partition coefficient (Wildman–Crippen LogP) is -0.194. The molecule has 2 N–H and O–H groups in total. The number of nitrogens with one attached hydrogen (secondary N) is 2. The maximum atomic E-state index is 3.08. The minimum atomic E-state index is 1.05. The Labute approximate surface area is 62.8 Å². The van der Waals surface area contributed by atoms with Crippen molar-refractivity contribution in [2.24, 2.45) is 0 Å². The summed E-state index contributed by atoms with van der Waals surface area (Å²) in [6, 6.07) is 0. The van der Waals surface area contributed by atoms with Gasteiger partial charge in [-0.2, -0.15) is 0 Å². The summed E-state index contributed by atoms with van der Waals surface area (Å²) in [5.74, 6) is 0. The van der Waals surface area contributed by atoms with Crippen LogP contribution < -0.4 is 10.9 Å². The topological polar surface area (TPSA) is 27.3 Å². The third-order valence-electron chi connectivity index (χ3n) is 1.93. The lowest BCUT2D eigenvalue weighted by Gasteiger charge is -2.13. The Morgan fingerprint density at radius 3 is 2.60 bits per heavy atom. The van der Waals surface area contributed by atoms with Gasteiger partial charge in [0.2, 0.25) is 0 Å². The number of nitrogens with zero attached hydrogens (tertiary/aromatic N) is 1. The van der Waals surface area contributed by atoms with E-state index in [1.807, 2.05) is 7.05 Å². The maximum absolute atomic E-state index is 3.08. The average Bonchev–Trinajstić information content (AvgIpc) is 2.41. The summed E-state index contributed by atoms with van der Waals surface area (Å²) in [6.07, 6.45) is 2.78. The highest BCUT2D eigenvalue weighted by atomic mass is 15.3. The molecule has 1 fully saturated rings. The van der Waals surface area contributed by atoms with Gasteiger partial charge in [0.25, 0.3) is 0 Å². The molecular formula is C7H17N3. The van der Waals surface area contributed by atoms with Gasteiger partial charge in [0.1, 0.15) is 0 Å². The molecule has 0 aliphatic carbocycles. The zero-order valence-corrected chi connectivity index (χ0v) is 6.69. The van der Waals surface area contributed by atoms with Crippen LogP contribution in [-0.2, 0) is 0 Å². The van der Waals surface area contributed by atoms with Crippen molar-refractivity contribution in [1.29, 1.82) is 0 Å². The van der Waals surface area contributed by atoms with Crippen LogP contribution in [0.4, 0.5) is 0 Å². The summed E-state index contributed by atoms with van der Waals surface area (Å²) < 4.78 is 0. The van der Waals surface area contributed by atoms with Gasteiger partial charge in [0.05, 0.1) is 0 Å². The molecular weight excluding hydrogens is 126 g/mol. The second-order valence-electron chi connectivity index (χ2n) is 2.73. The van der Waals surface area contributed by atoms with Crippen molar-refractivity contribution in [3.8, 4) is 0 Å². The molecule has 1 aliphatic heterocycles. The molecule has 0 amide bonds. The van der Waals surface area contributed by atoms with Gasteiger partial charge in [-0.1, -0.05) is 0 Å². The van der Waals surface area contributed by atoms with E-state index in [0.717, 1.165) is 6.54 Å². The SMILES string of the molecule is CNNCCN1CCCC1. The van der Waals surface area contributed by atoms with E-state index in [1.165, 1.54) is 32.5 Å². The van der Waals surface area contributed by atoms with Gasteiger partial charge in [-0.25, -0.2) is 0 Å². The Morgan fingerprint density at radius 1 is 1.30 bits per heavy atom. The van der Waals surface area contributed by atoms with Gasteiger partial charge in [0, 0.05) is 13.1 Å². The van der Waals surface area contributed by atoms with Crippen LogP contribution in [-0.4, -0.2) is 38.1 Å². The Balaban J connectivity index is 1.91. The molecule has 0 aromatic carbocycles. The minimum Gasteiger partial charge on any atom is -0.302 e. The van der Waals surface area contributed by atoms with Gasteiger partial charge in [0.15, 0.2) is 0 Å². The average molecular weight is 143 g/mol. The van der Waals surface area contributed by atoms with E-state index in [4.69, 9.17) is 0 Å². The van der Waals surface area contributed by atoms with E-state index in [-0.39, 0.29) is 0 Å². The first-order valence-electron chi connectivity index (χ1n) is 4.05. The van der Waals surface area contributed by atoms with Crippen LogP contribution in [0.2, 0.25) is 0 Å². The number of rotatable bonds is 4. The number of hydrogen-bond donors (Lipinski definition) is 2. The molecule has 0 saturated carbocycles. The second kappa shape index (κ2) is 4.66. The van der Waals surface area contributed by atoms with Crippen molar-refractivity contribution < 1.29 is 0 Å². The quantitative estimate of drug-likeness (QED) is 0.422. The van der Waals surface area contributed by atoms with Crippen LogP contribution >= 0.6 is 0 Å². The van der Waals surface area contributed by atoms with Crippen molar-refractivity contribution in [1.82, 2.24) is 15.8 Å². The summed E-state index contributed by atoms with van der Waals surface area (Å²) in [5.41, 5.74) is 6.00. The van der Waals surface area contributed by atoms with E-state index < -0.39 is 0 Å². The van der Waals surface area contributed by atoms with E-state index >= 15 is 0 Å². The lowest BCUT2D eigenvalue weighted by atomic mass is 10.4.